The van der Waals surface area contributed by atoms with Crippen molar-refractivity contribution in [1.82, 2.24) is 0 Å². The van der Waals surface area contributed by atoms with Crippen LogP contribution in [0.4, 0.5) is 0 Å². The lowest BCUT2D eigenvalue weighted by molar-refractivity contribution is 0.0163. The molecule has 1 saturated heterocycles. The van der Waals surface area contributed by atoms with Crippen molar-refractivity contribution in [3.8, 4) is 0 Å². The van der Waals surface area contributed by atoms with Crippen LogP contribution in [0.25, 0.3) is 0 Å². The van der Waals surface area contributed by atoms with Gasteiger partial charge in [-0.25, -0.2) is 0 Å². The summed E-state index contributed by atoms with van der Waals surface area (Å²) in [5, 5.41) is 21.4. The SMILES string of the molecule is CCC(O)(CC)CC=CC(C)(CC)C(CC)(CC)C1OC1CC(O)(CC)CC. The summed E-state index contributed by atoms with van der Waals surface area (Å²) >= 11 is 0. The van der Waals surface area contributed by atoms with Crippen molar-refractivity contribution < 1.29 is 14.9 Å². The van der Waals surface area contributed by atoms with E-state index in [9.17, 15) is 10.2 Å². The van der Waals surface area contributed by atoms with Crippen molar-refractivity contribution in [2.45, 2.75) is 137 Å². The number of epoxide rings is 1. The van der Waals surface area contributed by atoms with Gasteiger partial charge in [0.05, 0.1) is 23.4 Å². The van der Waals surface area contributed by atoms with Crippen LogP contribution in [0.3, 0.4) is 0 Å². The normalized spacial score (nSPS) is 23.2. The first-order valence-corrected chi connectivity index (χ1v) is 11.9. The summed E-state index contributed by atoms with van der Waals surface area (Å²) in [6.07, 6.45) is 12.7. The molecule has 3 nitrogen and oxygen atoms in total. The highest BCUT2D eigenvalue weighted by atomic mass is 16.6. The van der Waals surface area contributed by atoms with Gasteiger partial charge in [0.2, 0.25) is 0 Å². The number of allylic oxidation sites excluding steroid dienone is 1. The van der Waals surface area contributed by atoms with E-state index in [1.807, 2.05) is 0 Å². The van der Waals surface area contributed by atoms with Gasteiger partial charge in [-0.2, -0.15) is 0 Å². The molecule has 3 unspecified atom stereocenters. The molecule has 1 heterocycles. The molecule has 0 aromatic carbocycles. The van der Waals surface area contributed by atoms with Crippen molar-refractivity contribution >= 4 is 0 Å². The largest absolute Gasteiger partial charge is 0.390 e. The van der Waals surface area contributed by atoms with Gasteiger partial charge in [-0.3, -0.25) is 0 Å². The van der Waals surface area contributed by atoms with Crippen LogP contribution in [0, 0.1) is 10.8 Å². The molecule has 28 heavy (non-hydrogen) atoms. The van der Waals surface area contributed by atoms with E-state index in [0.717, 1.165) is 51.4 Å². The minimum atomic E-state index is -0.607. The lowest BCUT2D eigenvalue weighted by Crippen LogP contribution is -2.43. The fourth-order valence-corrected chi connectivity index (χ4v) is 5.20. The van der Waals surface area contributed by atoms with Crippen LogP contribution in [0.2, 0.25) is 0 Å². The maximum atomic E-state index is 10.8. The summed E-state index contributed by atoms with van der Waals surface area (Å²) in [6, 6.07) is 0. The smallest absolute Gasteiger partial charge is 0.0907 e. The fourth-order valence-electron chi connectivity index (χ4n) is 5.20. The van der Waals surface area contributed by atoms with E-state index in [2.05, 4.69) is 67.5 Å². The van der Waals surface area contributed by atoms with E-state index in [4.69, 9.17) is 4.74 Å². The average Bonchev–Trinajstić information content (AvgIpc) is 3.47. The molecule has 1 rings (SSSR count). The van der Waals surface area contributed by atoms with Gasteiger partial charge >= 0.3 is 0 Å². The molecule has 1 fully saturated rings. The zero-order valence-corrected chi connectivity index (χ0v) is 20.0. The number of hydrogen-bond acceptors (Lipinski definition) is 3. The Morgan fingerprint density at radius 1 is 0.750 bits per heavy atom. The van der Waals surface area contributed by atoms with Crippen molar-refractivity contribution in [3.63, 3.8) is 0 Å². The molecule has 0 spiro atoms. The maximum Gasteiger partial charge on any atom is 0.0907 e. The number of ether oxygens (including phenoxy) is 1. The molecule has 0 aromatic heterocycles. The molecule has 1 aliphatic heterocycles. The van der Waals surface area contributed by atoms with Crippen LogP contribution in [-0.2, 0) is 4.74 Å². The van der Waals surface area contributed by atoms with E-state index in [0.29, 0.717) is 6.42 Å². The average molecular weight is 397 g/mol. The monoisotopic (exact) mass is 396 g/mol. The predicted molar refractivity (Wildman–Crippen MR) is 120 cm³/mol. The maximum absolute atomic E-state index is 10.8. The van der Waals surface area contributed by atoms with Crippen LogP contribution in [0.5, 0.6) is 0 Å². The van der Waals surface area contributed by atoms with Gasteiger partial charge in [0.1, 0.15) is 0 Å². The number of hydrogen-bond donors (Lipinski definition) is 2. The quantitative estimate of drug-likeness (QED) is 0.263. The van der Waals surface area contributed by atoms with Gasteiger partial charge in [0.15, 0.2) is 0 Å². The predicted octanol–water partition coefficient (Wildman–Crippen LogP) is 6.42. The second-order valence-corrected chi connectivity index (χ2v) is 9.40. The summed E-state index contributed by atoms with van der Waals surface area (Å²) in [7, 11) is 0. The highest BCUT2D eigenvalue weighted by molar-refractivity contribution is 5.15. The van der Waals surface area contributed by atoms with Gasteiger partial charge in [-0.1, -0.05) is 67.5 Å². The van der Waals surface area contributed by atoms with E-state index in [1.165, 1.54) is 0 Å². The third-order valence-corrected chi connectivity index (χ3v) is 8.46. The fraction of sp³-hybridized carbons (Fsp3) is 0.920. The first-order chi connectivity index (χ1) is 13.1. The topological polar surface area (TPSA) is 53.0 Å². The van der Waals surface area contributed by atoms with Crippen LogP contribution in [0.1, 0.15) is 113 Å². The highest BCUT2D eigenvalue weighted by Gasteiger charge is 2.60. The molecular weight excluding hydrogens is 348 g/mol. The van der Waals surface area contributed by atoms with E-state index in [-0.39, 0.29) is 23.0 Å². The minimum absolute atomic E-state index is 0.00878. The molecule has 2 N–H and O–H groups in total. The summed E-state index contributed by atoms with van der Waals surface area (Å²) in [4.78, 5) is 0. The number of aliphatic hydroxyl groups is 2. The molecule has 0 aromatic rings. The van der Waals surface area contributed by atoms with Crippen molar-refractivity contribution in [1.29, 1.82) is 0 Å². The molecule has 1 aliphatic rings. The number of rotatable bonds is 14. The zero-order chi connectivity index (χ0) is 21.6. The van der Waals surface area contributed by atoms with Gasteiger partial charge < -0.3 is 14.9 Å². The Kier molecular flexibility index (Phi) is 9.24. The first-order valence-electron chi connectivity index (χ1n) is 11.9. The molecular formula is C25H48O3. The summed E-state index contributed by atoms with van der Waals surface area (Å²) in [5.74, 6) is 0. The van der Waals surface area contributed by atoms with Crippen LogP contribution < -0.4 is 0 Å². The molecule has 3 atom stereocenters. The lowest BCUT2D eigenvalue weighted by atomic mass is 9.57. The molecule has 3 heteroatoms. The van der Waals surface area contributed by atoms with Gasteiger partial charge in [-0.05, 0) is 56.8 Å². The molecule has 0 bridgehead atoms. The van der Waals surface area contributed by atoms with E-state index < -0.39 is 11.2 Å². The van der Waals surface area contributed by atoms with E-state index in [1.54, 1.807) is 0 Å². The third-order valence-electron chi connectivity index (χ3n) is 8.46. The second kappa shape index (κ2) is 10.1. The minimum Gasteiger partial charge on any atom is -0.390 e. The first kappa shape index (κ1) is 25.7. The molecule has 166 valence electrons. The Hall–Kier alpha value is -0.380. The second-order valence-electron chi connectivity index (χ2n) is 9.40. The van der Waals surface area contributed by atoms with E-state index >= 15 is 0 Å². The molecule has 0 saturated carbocycles. The van der Waals surface area contributed by atoms with Gasteiger partial charge in [0, 0.05) is 11.8 Å². The lowest BCUT2D eigenvalue weighted by Gasteiger charge is -2.46. The van der Waals surface area contributed by atoms with Gasteiger partial charge in [0.25, 0.3) is 0 Å². The molecule has 0 amide bonds. The Labute approximate surface area is 175 Å². The van der Waals surface area contributed by atoms with Crippen LogP contribution >= 0.6 is 0 Å². The van der Waals surface area contributed by atoms with Crippen molar-refractivity contribution in [2.24, 2.45) is 10.8 Å². The Bertz CT molecular complexity index is 486. The van der Waals surface area contributed by atoms with Gasteiger partial charge in [-0.15, -0.1) is 0 Å². The molecule has 0 aliphatic carbocycles. The highest BCUT2D eigenvalue weighted by Crippen LogP contribution is 2.58. The molecule has 0 radical (unpaired) electrons. The zero-order valence-electron chi connectivity index (χ0n) is 20.0. The standard InChI is InChI=1S/C25H48O3/c1-9-22(8,17-16-18-23(26,10-2)11-3)25(14-6,15-7)21-20(28-21)19-24(27,12-4)13-5/h16-17,20-21,26-27H,9-15,18-19H2,1-8H3. The van der Waals surface area contributed by atoms with Crippen LogP contribution in [0.15, 0.2) is 12.2 Å². The Morgan fingerprint density at radius 2 is 1.25 bits per heavy atom. The third kappa shape index (κ3) is 5.21. The van der Waals surface area contributed by atoms with Crippen LogP contribution in [-0.4, -0.2) is 33.6 Å². The Balaban J connectivity index is 3.06. The summed E-state index contributed by atoms with van der Waals surface area (Å²) in [5.41, 5.74) is -1.13. The summed E-state index contributed by atoms with van der Waals surface area (Å²) < 4.78 is 6.26. The van der Waals surface area contributed by atoms with Crippen molar-refractivity contribution in [2.75, 3.05) is 0 Å². The Morgan fingerprint density at radius 3 is 1.64 bits per heavy atom. The summed E-state index contributed by atoms with van der Waals surface area (Å²) in [6.45, 7) is 17.4. The van der Waals surface area contributed by atoms with Crippen molar-refractivity contribution in [3.05, 3.63) is 12.2 Å².